The molecule has 2 N–H and O–H groups in total. The van der Waals surface area contributed by atoms with Gasteiger partial charge >= 0.3 is 0 Å². The zero-order valence-corrected chi connectivity index (χ0v) is 11.7. The lowest BCUT2D eigenvalue weighted by Gasteiger charge is -2.14. The van der Waals surface area contributed by atoms with Crippen LogP contribution in [0.4, 0.5) is 0 Å². The van der Waals surface area contributed by atoms with Gasteiger partial charge in [0.25, 0.3) is 5.91 Å². The summed E-state index contributed by atoms with van der Waals surface area (Å²) >= 11 is 0. The number of amides is 1. The number of benzene rings is 1. The van der Waals surface area contributed by atoms with E-state index in [9.17, 15) is 4.79 Å². The van der Waals surface area contributed by atoms with Crippen LogP contribution in [0.3, 0.4) is 0 Å². The Bertz CT molecular complexity index is 420. The Balaban J connectivity index is 1.76. The normalized spacial score (nSPS) is 18.3. The van der Waals surface area contributed by atoms with Gasteiger partial charge in [0.05, 0.1) is 0 Å². The van der Waals surface area contributed by atoms with Gasteiger partial charge in [0.2, 0.25) is 0 Å². The number of para-hydroxylation sites is 1. The van der Waals surface area contributed by atoms with Crippen molar-refractivity contribution in [3.8, 4) is 5.75 Å². The van der Waals surface area contributed by atoms with Gasteiger partial charge in [-0.05, 0) is 44.4 Å². The summed E-state index contributed by atoms with van der Waals surface area (Å²) in [5.41, 5.74) is 2.12. The molecule has 1 unspecified atom stereocenters. The topological polar surface area (TPSA) is 50.4 Å². The van der Waals surface area contributed by atoms with Crippen LogP contribution in [0.1, 0.15) is 24.0 Å². The van der Waals surface area contributed by atoms with Crippen LogP contribution in [0.2, 0.25) is 0 Å². The predicted octanol–water partition coefficient (Wildman–Crippen LogP) is 1.55. The lowest BCUT2D eigenvalue weighted by molar-refractivity contribution is -0.123. The first-order chi connectivity index (χ1) is 9.16. The molecule has 1 aromatic rings. The van der Waals surface area contributed by atoms with Crippen LogP contribution in [0.5, 0.6) is 5.75 Å². The van der Waals surface area contributed by atoms with E-state index in [0.717, 1.165) is 29.8 Å². The SMILES string of the molecule is Cc1cccc(C)c1OCC(=O)NCC1CCCN1. The van der Waals surface area contributed by atoms with E-state index >= 15 is 0 Å². The zero-order chi connectivity index (χ0) is 13.7. The third-order valence-electron chi connectivity index (χ3n) is 3.46. The number of hydrogen-bond donors (Lipinski definition) is 2. The third-order valence-corrected chi connectivity index (χ3v) is 3.46. The summed E-state index contributed by atoms with van der Waals surface area (Å²) in [5.74, 6) is 0.757. The summed E-state index contributed by atoms with van der Waals surface area (Å²) in [6, 6.07) is 6.39. The van der Waals surface area contributed by atoms with Gasteiger partial charge in [-0.15, -0.1) is 0 Å². The monoisotopic (exact) mass is 262 g/mol. The van der Waals surface area contributed by atoms with Crippen molar-refractivity contribution in [3.63, 3.8) is 0 Å². The molecule has 1 fully saturated rings. The van der Waals surface area contributed by atoms with E-state index in [1.807, 2.05) is 32.0 Å². The molecule has 0 aromatic heterocycles. The molecule has 1 atom stereocenters. The van der Waals surface area contributed by atoms with Crippen molar-refractivity contribution in [1.29, 1.82) is 0 Å². The van der Waals surface area contributed by atoms with Gasteiger partial charge in [0, 0.05) is 12.6 Å². The number of ether oxygens (including phenoxy) is 1. The Morgan fingerprint density at radius 2 is 2.16 bits per heavy atom. The van der Waals surface area contributed by atoms with E-state index in [1.54, 1.807) is 0 Å². The van der Waals surface area contributed by atoms with Crippen molar-refractivity contribution < 1.29 is 9.53 Å². The van der Waals surface area contributed by atoms with Crippen molar-refractivity contribution in [1.82, 2.24) is 10.6 Å². The highest BCUT2D eigenvalue weighted by Gasteiger charge is 2.15. The summed E-state index contributed by atoms with van der Waals surface area (Å²) in [5, 5.41) is 6.26. The third kappa shape index (κ3) is 3.96. The van der Waals surface area contributed by atoms with Gasteiger partial charge in [-0.1, -0.05) is 18.2 Å². The second-order valence-corrected chi connectivity index (χ2v) is 5.11. The first-order valence-corrected chi connectivity index (χ1v) is 6.86. The molecule has 1 amide bonds. The molecule has 1 aliphatic rings. The molecule has 0 saturated carbocycles. The Morgan fingerprint density at radius 1 is 1.42 bits per heavy atom. The molecule has 4 nitrogen and oxygen atoms in total. The average Bonchev–Trinajstić information content (AvgIpc) is 2.89. The molecule has 0 spiro atoms. The van der Waals surface area contributed by atoms with E-state index in [0.29, 0.717) is 12.6 Å². The van der Waals surface area contributed by atoms with Crippen molar-refractivity contribution in [2.75, 3.05) is 19.7 Å². The van der Waals surface area contributed by atoms with E-state index < -0.39 is 0 Å². The number of hydrogen-bond acceptors (Lipinski definition) is 3. The Morgan fingerprint density at radius 3 is 2.79 bits per heavy atom. The molecule has 4 heteroatoms. The van der Waals surface area contributed by atoms with E-state index in [-0.39, 0.29) is 12.5 Å². The minimum absolute atomic E-state index is 0.0589. The van der Waals surface area contributed by atoms with Gasteiger partial charge in [0.15, 0.2) is 6.61 Å². The maximum absolute atomic E-state index is 11.7. The second-order valence-electron chi connectivity index (χ2n) is 5.11. The fourth-order valence-electron chi connectivity index (χ4n) is 2.38. The van der Waals surface area contributed by atoms with Crippen LogP contribution in [-0.4, -0.2) is 31.6 Å². The average molecular weight is 262 g/mol. The fourth-order valence-corrected chi connectivity index (χ4v) is 2.38. The summed E-state index contributed by atoms with van der Waals surface area (Å²) in [4.78, 5) is 11.7. The molecular formula is C15H22N2O2. The van der Waals surface area contributed by atoms with E-state index in [4.69, 9.17) is 4.74 Å². The van der Waals surface area contributed by atoms with Gasteiger partial charge in [-0.3, -0.25) is 4.79 Å². The molecule has 2 rings (SSSR count). The van der Waals surface area contributed by atoms with Crippen LogP contribution in [0.15, 0.2) is 18.2 Å². The highest BCUT2D eigenvalue weighted by atomic mass is 16.5. The molecule has 104 valence electrons. The molecule has 1 aromatic carbocycles. The highest BCUT2D eigenvalue weighted by molar-refractivity contribution is 5.77. The van der Waals surface area contributed by atoms with E-state index in [1.165, 1.54) is 6.42 Å². The smallest absolute Gasteiger partial charge is 0.257 e. The lowest BCUT2D eigenvalue weighted by Crippen LogP contribution is -2.39. The molecule has 1 heterocycles. The van der Waals surface area contributed by atoms with Gasteiger partial charge in [0.1, 0.15) is 5.75 Å². The Kier molecular flexibility index (Phi) is 4.80. The summed E-state index contributed by atoms with van der Waals surface area (Å²) in [6.07, 6.45) is 2.33. The van der Waals surface area contributed by atoms with Crippen molar-refractivity contribution in [2.45, 2.75) is 32.7 Å². The molecule has 1 aliphatic heterocycles. The van der Waals surface area contributed by atoms with Crippen LogP contribution in [-0.2, 0) is 4.79 Å². The molecule has 0 bridgehead atoms. The minimum Gasteiger partial charge on any atom is -0.483 e. The first-order valence-electron chi connectivity index (χ1n) is 6.86. The van der Waals surface area contributed by atoms with Crippen LogP contribution in [0, 0.1) is 13.8 Å². The molecule has 0 radical (unpaired) electrons. The quantitative estimate of drug-likeness (QED) is 0.846. The standard InChI is InChI=1S/C15H22N2O2/c1-11-5-3-6-12(2)15(11)19-10-14(18)17-9-13-7-4-8-16-13/h3,5-6,13,16H,4,7-10H2,1-2H3,(H,17,18). The number of nitrogens with one attached hydrogen (secondary N) is 2. The Hall–Kier alpha value is -1.55. The van der Waals surface area contributed by atoms with Crippen molar-refractivity contribution in [3.05, 3.63) is 29.3 Å². The number of aryl methyl sites for hydroxylation is 2. The van der Waals surface area contributed by atoms with Gasteiger partial charge < -0.3 is 15.4 Å². The lowest BCUT2D eigenvalue weighted by atomic mass is 10.1. The van der Waals surface area contributed by atoms with Crippen molar-refractivity contribution in [2.24, 2.45) is 0 Å². The zero-order valence-electron chi connectivity index (χ0n) is 11.7. The number of rotatable bonds is 5. The molecular weight excluding hydrogens is 240 g/mol. The van der Waals surface area contributed by atoms with E-state index in [2.05, 4.69) is 10.6 Å². The van der Waals surface area contributed by atoms with Gasteiger partial charge in [-0.2, -0.15) is 0 Å². The van der Waals surface area contributed by atoms with Gasteiger partial charge in [-0.25, -0.2) is 0 Å². The maximum Gasteiger partial charge on any atom is 0.257 e. The van der Waals surface area contributed by atoms with Crippen LogP contribution >= 0.6 is 0 Å². The van der Waals surface area contributed by atoms with Crippen LogP contribution in [0.25, 0.3) is 0 Å². The molecule has 0 aliphatic carbocycles. The summed E-state index contributed by atoms with van der Waals surface area (Å²) < 4.78 is 5.61. The highest BCUT2D eigenvalue weighted by Crippen LogP contribution is 2.21. The number of carbonyl (C=O) groups excluding carboxylic acids is 1. The Labute approximate surface area is 114 Å². The van der Waals surface area contributed by atoms with Crippen LogP contribution < -0.4 is 15.4 Å². The number of carbonyl (C=O) groups is 1. The fraction of sp³-hybridized carbons (Fsp3) is 0.533. The second kappa shape index (κ2) is 6.57. The predicted molar refractivity (Wildman–Crippen MR) is 75.4 cm³/mol. The van der Waals surface area contributed by atoms with Crippen molar-refractivity contribution >= 4 is 5.91 Å². The largest absolute Gasteiger partial charge is 0.483 e. The maximum atomic E-state index is 11.7. The molecule has 19 heavy (non-hydrogen) atoms. The summed E-state index contributed by atoms with van der Waals surface area (Å²) in [6.45, 7) is 5.80. The first kappa shape index (κ1) is 13.9. The molecule has 1 saturated heterocycles. The summed E-state index contributed by atoms with van der Waals surface area (Å²) in [7, 11) is 0. The minimum atomic E-state index is -0.0589.